The summed E-state index contributed by atoms with van der Waals surface area (Å²) in [4.78, 5) is 10.9. The van der Waals surface area contributed by atoms with E-state index in [0.29, 0.717) is 6.54 Å². The van der Waals surface area contributed by atoms with Crippen molar-refractivity contribution in [2.75, 3.05) is 20.6 Å². The van der Waals surface area contributed by atoms with Crippen LogP contribution in [0.15, 0.2) is 23.1 Å². The van der Waals surface area contributed by atoms with E-state index in [-0.39, 0.29) is 0 Å². The van der Waals surface area contributed by atoms with Crippen LogP contribution in [0.3, 0.4) is 0 Å². The highest BCUT2D eigenvalue weighted by molar-refractivity contribution is 7.89. The lowest BCUT2D eigenvalue weighted by atomic mass is 10.3. The minimum atomic E-state index is -4.16. The highest BCUT2D eigenvalue weighted by Crippen LogP contribution is 2.26. The second-order valence-electron chi connectivity index (χ2n) is 4.63. The molecule has 1 unspecified atom stereocenters. The first-order valence-corrected chi connectivity index (χ1v) is 7.23. The predicted molar refractivity (Wildman–Crippen MR) is 71.4 cm³/mol. The van der Waals surface area contributed by atoms with Crippen LogP contribution in [-0.2, 0) is 10.0 Å². The Balaban J connectivity index is 3.17. The van der Waals surface area contributed by atoms with Crippen LogP contribution in [0, 0.1) is 15.9 Å². The molecule has 0 radical (unpaired) electrons. The van der Waals surface area contributed by atoms with Crippen molar-refractivity contribution in [3.05, 3.63) is 34.1 Å². The first-order chi connectivity index (χ1) is 9.15. The van der Waals surface area contributed by atoms with E-state index in [4.69, 9.17) is 0 Å². The maximum atomic E-state index is 13.4. The number of sulfonamides is 1. The van der Waals surface area contributed by atoms with Gasteiger partial charge in [-0.15, -0.1) is 0 Å². The molecule has 0 amide bonds. The molecule has 0 spiro atoms. The van der Waals surface area contributed by atoms with E-state index in [0.717, 1.165) is 18.2 Å². The summed E-state index contributed by atoms with van der Waals surface area (Å²) in [7, 11) is -0.643. The molecule has 0 aliphatic heterocycles. The van der Waals surface area contributed by atoms with Gasteiger partial charge in [0.1, 0.15) is 0 Å². The van der Waals surface area contributed by atoms with Gasteiger partial charge in [0.25, 0.3) is 0 Å². The van der Waals surface area contributed by atoms with Crippen LogP contribution in [0.1, 0.15) is 6.92 Å². The lowest BCUT2D eigenvalue weighted by Gasteiger charge is -2.18. The molecular formula is C11H16FN3O4S. The summed E-state index contributed by atoms with van der Waals surface area (Å²) in [6.07, 6.45) is 0. The van der Waals surface area contributed by atoms with E-state index in [1.165, 1.54) is 0 Å². The fraction of sp³-hybridized carbons (Fsp3) is 0.455. The SMILES string of the molecule is CC(CN(C)C)NS(=O)(=O)c1cccc(F)c1[N+](=O)[O-]. The number of para-hydroxylation sites is 1. The van der Waals surface area contributed by atoms with Crippen molar-refractivity contribution in [1.29, 1.82) is 0 Å². The lowest BCUT2D eigenvalue weighted by Crippen LogP contribution is -2.39. The molecule has 9 heteroatoms. The van der Waals surface area contributed by atoms with Crippen molar-refractivity contribution in [2.45, 2.75) is 17.9 Å². The molecule has 1 N–H and O–H groups in total. The molecule has 0 fully saturated rings. The number of nitrogens with zero attached hydrogens (tertiary/aromatic N) is 2. The maximum Gasteiger partial charge on any atom is 0.324 e. The van der Waals surface area contributed by atoms with Crippen LogP contribution in [0.2, 0.25) is 0 Å². The molecular weight excluding hydrogens is 289 g/mol. The fourth-order valence-electron chi connectivity index (χ4n) is 1.80. The van der Waals surface area contributed by atoms with Crippen LogP contribution in [0.5, 0.6) is 0 Å². The van der Waals surface area contributed by atoms with Gasteiger partial charge in [-0.25, -0.2) is 13.1 Å². The van der Waals surface area contributed by atoms with Crippen LogP contribution >= 0.6 is 0 Å². The molecule has 0 aliphatic rings. The van der Waals surface area contributed by atoms with Crippen molar-refractivity contribution >= 4 is 15.7 Å². The van der Waals surface area contributed by atoms with Gasteiger partial charge < -0.3 is 4.90 Å². The third kappa shape index (κ3) is 3.95. The van der Waals surface area contributed by atoms with E-state index in [1.54, 1.807) is 25.9 Å². The molecule has 20 heavy (non-hydrogen) atoms. The number of rotatable bonds is 6. The Morgan fingerprint density at radius 3 is 2.55 bits per heavy atom. The molecule has 0 bridgehead atoms. The molecule has 7 nitrogen and oxygen atoms in total. The van der Waals surface area contributed by atoms with E-state index in [9.17, 15) is 22.9 Å². The largest absolute Gasteiger partial charge is 0.324 e. The van der Waals surface area contributed by atoms with Crippen molar-refractivity contribution in [3.8, 4) is 0 Å². The minimum Gasteiger partial charge on any atom is -0.308 e. The molecule has 0 heterocycles. The van der Waals surface area contributed by atoms with Gasteiger partial charge in [0.2, 0.25) is 15.8 Å². The van der Waals surface area contributed by atoms with Crippen LogP contribution in [0.4, 0.5) is 10.1 Å². The summed E-state index contributed by atoms with van der Waals surface area (Å²) >= 11 is 0. The van der Waals surface area contributed by atoms with Crippen molar-refractivity contribution in [2.24, 2.45) is 0 Å². The highest BCUT2D eigenvalue weighted by Gasteiger charge is 2.30. The molecule has 0 aliphatic carbocycles. The quantitative estimate of drug-likeness (QED) is 0.624. The summed E-state index contributed by atoms with van der Waals surface area (Å²) in [5.41, 5.74) is -1.04. The predicted octanol–water partition coefficient (Wildman–Crippen LogP) is 0.962. The van der Waals surface area contributed by atoms with E-state index in [2.05, 4.69) is 4.72 Å². The molecule has 0 aromatic heterocycles. The first kappa shape index (κ1) is 16.5. The Kier molecular flexibility index (Phi) is 5.15. The molecule has 1 aromatic rings. The summed E-state index contributed by atoms with van der Waals surface area (Å²) < 4.78 is 39.9. The zero-order valence-corrected chi connectivity index (χ0v) is 12.1. The monoisotopic (exact) mass is 305 g/mol. The van der Waals surface area contributed by atoms with Gasteiger partial charge in [0.05, 0.1) is 4.92 Å². The number of benzene rings is 1. The maximum absolute atomic E-state index is 13.4. The van der Waals surface area contributed by atoms with Gasteiger partial charge in [-0.1, -0.05) is 6.07 Å². The number of nitro benzene ring substituents is 1. The molecule has 1 rings (SSSR count). The van der Waals surface area contributed by atoms with Crippen LogP contribution in [0.25, 0.3) is 0 Å². The van der Waals surface area contributed by atoms with Gasteiger partial charge in [0.15, 0.2) is 4.90 Å². The smallest absolute Gasteiger partial charge is 0.308 e. The number of halogens is 1. The molecule has 1 aromatic carbocycles. The number of nitro groups is 1. The number of hydrogen-bond donors (Lipinski definition) is 1. The molecule has 1 atom stereocenters. The van der Waals surface area contributed by atoms with Crippen LogP contribution in [-0.4, -0.2) is 44.9 Å². The first-order valence-electron chi connectivity index (χ1n) is 5.75. The topological polar surface area (TPSA) is 92.6 Å². The average Bonchev–Trinajstić information content (AvgIpc) is 2.25. The Morgan fingerprint density at radius 2 is 2.05 bits per heavy atom. The van der Waals surface area contributed by atoms with E-state index < -0.39 is 37.4 Å². The Bertz CT molecular complexity index is 604. The second kappa shape index (κ2) is 6.25. The Morgan fingerprint density at radius 1 is 1.45 bits per heavy atom. The molecule has 0 saturated heterocycles. The molecule has 112 valence electrons. The normalized spacial score (nSPS) is 13.4. The van der Waals surface area contributed by atoms with Gasteiger partial charge in [-0.2, -0.15) is 4.39 Å². The van der Waals surface area contributed by atoms with Crippen molar-refractivity contribution < 1.29 is 17.7 Å². The standard InChI is InChI=1S/C11H16FN3O4S/c1-8(7-14(2)3)13-20(18,19)10-6-4-5-9(12)11(10)15(16)17/h4-6,8,13H,7H2,1-3H3. The molecule has 0 saturated carbocycles. The number of hydrogen-bond acceptors (Lipinski definition) is 5. The Labute approximate surface area is 116 Å². The fourth-order valence-corrected chi connectivity index (χ4v) is 3.22. The summed E-state index contributed by atoms with van der Waals surface area (Å²) in [6, 6.07) is 2.50. The zero-order chi connectivity index (χ0) is 15.5. The average molecular weight is 305 g/mol. The van der Waals surface area contributed by atoms with E-state index >= 15 is 0 Å². The summed E-state index contributed by atoms with van der Waals surface area (Å²) in [5.74, 6) is -1.18. The second-order valence-corrected chi connectivity index (χ2v) is 6.31. The van der Waals surface area contributed by atoms with Gasteiger partial charge in [-0.3, -0.25) is 10.1 Å². The number of nitrogens with one attached hydrogen (secondary N) is 1. The Hall–Kier alpha value is -1.58. The van der Waals surface area contributed by atoms with Gasteiger partial charge >= 0.3 is 5.69 Å². The van der Waals surface area contributed by atoms with E-state index in [1.807, 2.05) is 0 Å². The minimum absolute atomic E-state index is 0.405. The van der Waals surface area contributed by atoms with Crippen LogP contribution < -0.4 is 4.72 Å². The zero-order valence-electron chi connectivity index (χ0n) is 11.3. The summed E-state index contributed by atoms with van der Waals surface area (Å²) in [6.45, 7) is 2.02. The van der Waals surface area contributed by atoms with Gasteiger partial charge in [0, 0.05) is 12.6 Å². The lowest BCUT2D eigenvalue weighted by molar-refractivity contribution is -0.390. The van der Waals surface area contributed by atoms with Crippen molar-refractivity contribution in [3.63, 3.8) is 0 Å². The number of likely N-dealkylation sites (N-methyl/N-ethyl adjacent to an activating group) is 1. The third-order valence-corrected chi connectivity index (χ3v) is 4.04. The highest BCUT2D eigenvalue weighted by atomic mass is 32.2. The third-order valence-electron chi connectivity index (χ3n) is 2.42. The summed E-state index contributed by atoms with van der Waals surface area (Å²) in [5, 5.41) is 10.8. The van der Waals surface area contributed by atoms with Crippen molar-refractivity contribution in [1.82, 2.24) is 9.62 Å². The van der Waals surface area contributed by atoms with Gasteiger partial charge in [-0.05, 0) is 33.2 Å².